The molecule has 0 bridgehead atoms. The summed E-state index contributed by atoms with van der Waals surface area (Å²) in [5.41, 5.74) is 2.45. The van der Waals surface area contributed by atoms with E-state index >= 15 is 0 Å². The number of nitrogens with two attached hydrogens (primary N) is 1. The average Bonchev–Trinajstić information content (AvgIpc) is 2.02. The van der Waals surface area contributed by atoms with Gasteiger partial charge in [0, 0.05) is 20.1 Å². The molecule has 0 radical (unpaired) electrons. The molecule has 82 valence electrons. The van der Waals surface area contributed by atoms with E-state index in [-0.39, 0.29) is 11.7 Å². The van der Waals surface area contributed by atoms with E-state index in [1.807, 2.05) is 0 Å². The molecule has 1 aliphatic rings. The summed E-state index contributed by atoms with van der Waals surface area (Å²) < 4.78 is 5.78. The van der Waals surface area contributed by atoms with Crippen molar-refractivity contribution in [3.63, 3.8) is 0 Å². The summed E-state index contributed by atoms with van der Waals surface area (Å²) in [5.74, 6) is 6.10. The minimum atomic E-state index is -0.148. The van der Waals surface area contributed by atoms with Crippen molar-refractivity contribution >= 4 is 5.96 Å². The molecule has 3 N–H and O–H groups in total. The van der Waals surface area contributed by atoms with Crippen LogP contribution in [0.15, 0.2) is 4.99 Å². The molecule has 0 saturated carbocycles. The maximum absolute atomic E-state index is 5.78. The van der Waals surface area contributed by atoms with Gasteiger partial charge in [0.15, 0.2) is 0 Å². The molecule has 0 aliphatic carbocycles. The third-order valence-electron chi connectivity index (χ3n) is 2.21. The van der Waals surface area contributed by atoms with Gasteiger partial charge in [-0.05, 0) is 20.8 Å². The Hall–Kier alpha value is -0.810. The molecular weight excluding hydrogens is 180 g/mol. The number of guanidine groups is 1. The fraction of sp³-hybridized carbons (Fsp3) is 0.889. The number of ether oxygens (including phenoxy) is 1. The second-order valence-corrected chi connectivity index (χ2v) is 4.26. The lowest BCUT2D eigenvalue weighted by atomic mass is 10.1. The van der Waals surface area contributed by atoms with Crippen LogP contribution >= 0.6 is 0 Å². The number of nitrogens with zero attached hydrogens (tertiary/aromatic N) is 2. The molecule has 1 heterocycles. The van der Waals surface area contributed by atoms with Gasteiger partial charge in [0.1, 0.15) is 0 Å². The molecule has 0 aromatic rings. The zero-order chi connectivity index (χ0) is 10.8. The van der Waals surface area contributed by atoms with Gasteiger partial charge < -0.3 is 9.64 Å². The molecule has 1 fully saturated rings. The lowest BCUT2D eigenvalue weighted by Crippen LogP contribution is -2.57. The fourth-order valence-corrected chi connectivity index (χ4v) is 1.91. The monoisotopic (exact) mass is 200 g/mol. The topological polar surface area (TPSA) is 62.9 Å². The van der Waals surface area contributed by atoms with Crippen LogP contribution in [0.5, 0.6) is 0 Å². The third-order valence-corrected chi connectivity index (χ3v) is 2.21. The quantitative estimate of drug-likeness (QED) is 0.249. The molecule has 0 aromatic carbocycles. The Balaban J connectivity index is 2.71. The molecule has 0 amide bonds. The Morgan fingerprint density at radius 1 is 1.64 bits per heavy atom. The Kier molecular flexibility index (Phi) is 3.34. The smallest absolute Gasteiger partial charge is 0.208 e. The van der Waals surface area contributed by atoms with Crippen molar-refractivity contribution in [2.45, 2.75) is 32.5 Å². The molecule has 1 rings (SSSR count). The van der Waals surface area contributed by atoms with Crippen molar-refractivity contribution in [1.29, 1.82) is 0 Å². The van der Waals surface area contributed by atoms with E-state index in [9.17, 15) is 0 Å². The van der Waals surface area contributed by atoms with Gasteiger partial charge in [-0.2, -0.15) is 0 Å². The summed E-state index contributed by atoms with van der Waals surface area (Å²) in [4.78, 5) is 6.19. The number of hydrazine groups is 1. The minimum absolute atomic E-state index is 0.148. The van der Waals surface area contributed by atoms with Crippen LogP contribution in [0.1, 0.15) is 20.8 Å². The Labute approximate surface area is 85.3 Å². The highest BCUT2D eigenvalue weighted by molar-refractivity contribution is 5.79. The second kappa shape index (κ2) is 4.14. The predicted octanol–water partition coefficient (Wildman–Crippen LogP) is -0.0652. The Morgan fingerprint density at radius 2 is 2.29 bits per heavy atom. The van der Waals surface area contributed by atoms with Crippen molar-refractivity contribution in [2.75, 3.05) is 20.1 Å². The lowest BCUT2D eigenvalue weighted by molar-refractivity contribution is -0.113. The van der Waals surface area contributed by atoms with Crippen molar-refractivity contribution in [3.05, 3.63) is 0 Å². The Bertz CT molecular complexity index is 227. The number of nitrogens with one attached hydrogen (secondary N) is 1. The van der Waals surface area contributed by atoms with Gasteiger partial charge in [-0.3, -0.25) is 10.4 Å². The highest BCUT2D eigenvalue weighted by Gasteiger charge is 2.32. The van der Waals surface area contributed by atoms with Crippen LogP contribution in [0, 0.1) is 0 Å². The summed E-state index contributed by atoms with van der Waals surface area (Å²) in [7, 11) is 1.72. The third kappa shape index (κ3) is 2.59. The molecule has 1 atom stereocenters. The first-order valence-electron chi connectivity index (χ1n) is 4.84. The van der Waals surface area contributed by atoms with E-state index in [1.54, 1.807) is 7.05 Å². The van der Waals surface area contributed by atoms with Crippen LogP contribution < -0.4 is 11.3 Å². The molecular formula is C9H20N4O. The summed E-state index contributed by atoms with van der Waals surface area (Å²) in [6.07, 6.45) is 0.198. The van der Waals surface area contributed by atoms with Crippen LogP contribution in [0.3, 0.4) is 0 Å². The van der Waals surface area contributed by atoms with E-state index in [2.05, 4.69) is 36.1 Å². The van der Waals surface area contributed by atoms with Crippen molar-refractivity contribution in [2.24, 2.45) is 10.8 Å². The zero-order valence-electron chi connectivity index (χ0n) is 9.37. The Morgan fingerprint density at radius 3 is 2.71 bits per heavy atom. The normalized spacial score (nSPS) is 27.6. The SMILES string of the molecule is CN=C(NN)N1CC(C)OC(C)(C)C1. The zero-order valence-corrected chi connectivity index (χ0v) is 9.37. The lowest BCUT2D eigenvalue weighted by Gasteiger charge is -2.42. The van der Waals surface area contributed by atoms with Crippen molar-refractivity contribution < 1.29 is 4.74 Å². The molecule has 1 aliphatic heterocycles. The van der Waals surface area contributed by atoms with Gasteiger partial charge in [0.25, 0.3) is 0 Å². The molecule has 5 heteroatoms. The van der Waals surface area contributed by atoms with Crippen LogP contribution in [0.2, 0.25) is 0 Å². The van der Waals surface area contributed by atoms with Crippen molar-refractivity contribution in [1.82, 2.24) is 10.3 Å². The number of aliphatic imine (C=N–C) groups is 1. The first-order valence-corrected chi connectivity index (χ1v) is 4.84. The van der Waals surface area contributed by atoms with E-state index in [1.165, 1.54) is 0 Å². The predicted molar refractivity (Wildman–Crippen MR) is 56.9 cm³/mol. The van der Waals surface area contributed by atoms with Crippen LogP contribution in [-0.2, 0) is 4.74 Å². The fourth-order valence-electron chi connectivity index (χ4n) is 1.91. The molecule has 14 heavy (non-hydrogen) atoms. The maximum atomic E-state index is 5.78. The van der Waals surface area contributed by atoms with E-state index in [0.29, 0.717) is 5.96 Å². The standard InChI is InChI=1S/C9H20N4O/c1-7-5-13(8(11-4)12-10)6-9(2,3)14-7/h7H,5-6,10H2,1-4H3,(H,11,12). The number of morpholine rings is 1. The first-order chi connectivity index (χ1) is 6.48. The number of hydrogen-bond acceptors (Lipinski definition) is 3. The van der Waals surface area contributed by atoms with Crippen molar-refractivity contribution in [3.8, 4) is 0 Å². The average molecular weight is 200 g/mol. The van der Waals surface area contributed by atoms with Crippen LogP contribution in [0.4, 0.5) is 0 Å². The first kappa shape index (κ1) is 11.3. The molecule has 1 saturated heterocycles. The summed E-state index contributed by atoms with van der Waals surface area (Å²) >= 11 is 0. The van der Waals surface area contributed by atoms with Gasteiger partial charge >= 0.3 is 0 Å². The van der Waals surface area contributed by atoms with Gasteiger partial charge in [0.2, 0.25) is 5.96 Å². The number of rotatable bonds is 0. The summed E-state index contributed by atoms with van der Waals surface area (Å²) in [6, 6.07) is 0. The molecule has 1 unspecified atom stereocenters. The second-order valence-electron chi connectivity index (χ2n) is 4.26. The summed E-state index contributed by atoms with van der Waals surface area (Å²) in [5, 5.41) is 0. The number of hydrogen-bond donors (Lipinski definition) is 2. The van der Waals surface area contributed by atoms with Gasteiger partial charge in [-0.25, -0.2) is 5.84 Å². The maximum Gasteiger partial charge on any atom is 0.208 e. The van der Waals surface area contributed by atoms with Crippen LogP contribution in [-0.4, -0.2) is 42.7 Å². The molecule has 5 nitrogen and oxygen atoms in total. The molecule has 0 aromatic heterocycles. The van der Waals surface area contributed by atoms with E-state index in [0.717, 1.165) is 13.1 Å². The highest BCUT2D eigenvalue weighted by Crippen LogP contribution is 2.20. The van der Waals surface area contributed by atoms with E-state index < -0.39 is 0 Å². The largest absolute Gasteiger partial charge is 0.369 e. The summed E-state index contributed by atoms with van der Waals surface area (Å²) in [6.45, 7) is 7.81. The minimum Gasteiger partial charge on any atom is -0.369 e. The van der Waals surface area contributed by atoms with Gasteiger partial charge in [0.05, 0.1) is 11.7 Å². The van der Waals surface area contributed by atoms with E-state index in [4.69, 9.17) is 10.6 Å². The van der Waals surface area contributed by atoms with Crippen LogP contribution in [0.25, 0.3) is 0 Å². The van der Waals surface area contributed by atoms with Gasteiger partial charge in [-0.15, -0.1) is 0 Å². The molecule has 0 spiro atoms. The highest BCUT2D eigenvalue weighted by atomic mass is 16.5. The van der Waals surface area contributed by atoms with Gasteiger partial charge in [-0.1, -0.05) is 0 Å².